The summed E-state index contributed by atoms with van der Waals surface area (Å²) in [6.45, 7) is 1.87. The molecular formula is C23H22ClF3N4O2. The molecule has 0 spiro atoms. The Hall–Kier alpha value is -3.20. The summed E-state index contributed by atoms with van der Waals surface area (Å²) in [5.41, 5.74) is 0.738. The van der Waals surface area contributed by atoms with E-state index in [9.17, 15) is 18.0 Å². The van der Waals surface area contributed by atoms with Gasteiger partial charge in [-0.1, -0.05) is 54.1 Å². The number of rotatable bonds is 6. The summed E-state index contributed by atoms with van der Waals surface area (Å²) in [6, 6.07) is 13.3. The Morgan fingerprint density at radius 2 is 1.94 bits per heavy atom. The predicted octanol–water partition coefficient (Wildman–Crippen LogP) is 5.39. The summed E-state index contributed by atoms with van der Waals surface area (Å²) in [7, 11) is 0. The normalized spacial score (nSPS) is 18.7. The van der Waals surface area contributed by atoms with Gasteiger partial charge in [0.15, 0.2) is 6.04 Å². The second-order valence-electron chi connectivity index (χ2n) is 7.82. The first-order chi connectivity index (χ1) is 15.7. The number of hydrogen-bond acceptors (Lipinski definition) is 4. The lowest BCUT2D eigenvalue weighted by atomic mass is 9.96. The largest absolute Gasteiger partial charge is 0.487 e. The second-order valence-corrected chi connectivity index (χ2v) is 8.23. The molecule has 0 saturated carbocycles. The molecule has 2 heterocycles. The van der Waals surface area contributed by atoms with Gasteiger partial charge in [-0.15, -0.1) is 0 Å². The zero-order valence-electron chi connectivity index (χ0n) is 17.6. The summed E-state index contributed by atoms with van der Waals surface area (Å²) in [6.07, 6.45) is -4.01. The lowest BCUT2D eigenvalue weighted by Gasteiger charge is -2.34. The third-order valence-corrected chi connectivity index (χ3v) is 5.71. The number of benzene rings is 2. The van der Waals surface area contributed by atoms with Crippen LogP contribution >= 0.6 is 11.6 Å². The van der Waals surface area contributed by atoms with E-state index in [2.05, 4.69) is 15.7 Å². The fourth-order valence-electron chi connectivity index (χ4n) is 3.76. The third-order valence-electron chi connectivity index (χ3n) is 5.40. The summed E-state index contributed by atoms with van der Waals surface area (Å²) < 4.78 is 48.0. The first kappa shape index (κ1) is 23.0. The highest BCUT2D eigenvalue weighted by Gasteiger charge is 2.47. The highest BCUT2D eigenvalue weighted by molar-refractivity contribution is 6.32. The van der Waals surface area contributed by atoms with Crippen molar-refractivity contribution in [1.82, 2.24) is 15.1 Å². The predicted molar refractivity (Wildman–Crippen MR) is 119 cm³/mol. The number of fused-ring (bicyclic) bond motifs is 1. The third kappa shape index (κ3) is 5.08. The molecule has 2 N–H and O–H groups in total. The molecule has 0 aliphatic carbocycles. The van der Waals surface area contributed by atoms with E-state index in [0.717, 1.165) is 10.9 Å². The quantitative estimate of drug-likeness (QED) is 0.498. The number of nitrogens with one attached hydrogen (secondary N) is 2. The van der Waals surface area contributed by atoms with Crippen LogP contribution in [0.5, 0.6) is 5.75 Å². The summed E-state index contributed by atoms with van der Waals surface area (Å²) in [4.78, 5) is 12.8. The van der Waals surface area contributed by atoms with Gasteiger partial charge in [-0.2, -0.15) is 18.3 Å². The van der Waals surface area contributed by atoms with Gasteiger partial charge in [0.1, 0.15) is 23.2 Å². The van der Waals surface area contributed by atoms with Crippen LogP contribution in [0.15, 0.2) is 60.8 Å². The maximum atomic E-state index is 13.8. The lowest BCUT2D eigenvalue weighted by molar-refractivity contribution is -0.173. The van der Waals surface area contributed by atoms with Crippen LogP contribution in [0.3, 0.4) is 0 Å². The molecule has 10 heteroatoms. The molecule has 3 atom stereocenters. The molecule has 0 fully saturated rings. The van der Waals surface area contributed by atoms with E-state index in [1.54, 1.807) is 61.5 Å². The van der Waals surface area contributed by atoms with E-state index >= 15 is 0 Å². The number of alkyl halides is 3. The van der Waals surface area contributed by atoms with Crippen LogP contribution in [0, 0.1) is 0 Å². The SMILES string of the molecule is CC(CNC(=O)c1cnn2c1N[C@@H](c1ccccc1)C[C@H]2C(F)(F)F)Oc1ccccc1Cl. The van der Waals surface area contributed by atoms with Crippen LogP contribution in [0.1, 0.15) is 41.3 Å². The molecule has 0 saturated heterocycles. The Labute approximate surface area is 193 Å². The molecular weight excluding hydrogens is 457 g/mol. The number of carbonyl (C=O) groups excluding carboxylic acids is 1. The number of para-hydroxylation sites is 1. The molecule has 3 aromatic rings. The standard InChI is InChI=1S/C23H22ClF3N4O2/c1-14(33-19-10-6-5-9-17(19)24)12-28-22(32)16-13-29-31-20(23(25,26)27)11-18(30-21(16)31)15-7-3-2-4-8-15/h2-10,13-14,18,20,30H,11-12H2,1H3,(H,28,32)/t14?,18-,20+/m1/s1. The van der Waals surface area contributed by atoms with Crippen LogP contribution in [0.4, 0.5) is 19.0 Å². The number of amides is 1. The van der Waals surface area contributed by atoms with Crippen molar-refractivity contribution in [3.8, 4) is 5.75 Å². The first-order valence-electron chi connectivity index (χ1n) is 10.4. The van der Waals surface area contributed by atoms with E-state index < -0.39 is 30.3 Å². The summed E-state index contributed by atoms with van der Waals surface area (Å²) >= 11 is 6.08. The zero-order chi connectivity index (χ0) is 23.6. The van der Waals surface area contributed by atoms with Gasteiger partial charge in [-0.25, -0.2) is 4.68 Å². The molecule has 6 nitrogen and oxygen atoms in total. The highest BCUT2D eigenvalue weighted by Crippen LogP contribution is 2.44. The van der Waals surface area contributed by atoms with Gasteiger partial charge in [0.25, 0.3) is 5.91 Å². The molecule has 1 aromatic heterocycles. The van der Waals surface area contributed by atoms with Crippen LogP contribution < -0.4 is 15.4 Å². The average Bonchev–Trinajstić information content (AvgIpc) is 3.22. The molecule has 174 valence electrons. The Bertz CT molecular complexity index is 1120. The van der Waals surface area contributed by atoms with Crippen molar-refractivity contribution < 1.29 is 22.7 Å². The van der Waals surface area contributed by atoms with Crippen LogP contribution in [0.2, 0.25) is 5.02 Å². The first-order valence-corrected chi connectivity index (χ1v) is 10.8. The molecule has 1 aliphatic rings. The minimum atomic E-state index is -4.51. The molecule has 33 heavy (non-hydrogen) atoms. The summed E-state index contributed by atoms with van der Waals surface area (Å²) in [5.74, 6) is -0.0354. The fourth-order valence-corrected chi connectivity index (χ4v) is 3.94. The van der Waals surface area contributed by atoms with Crippen LogP contribution in [-0.4, -0.2) is 34.5 Å². The molecule has 0 radical (unpaired) electrons. The van der Waals surface area contributed by atoms with Crippen molar-refractivity contribution in [3.63, 3.8) is 0 Å². The molecule has 1 amide bonds. The van der Waals surface area contributed by atoms with E-state index in [4.69, 9.17) is 16.3 Å². The van der Waals surface area contributed by atoms with Gasteiger partial charge < -0.3 is 15.4 Å². The minimum absolute atomic E-state index is 0.0367. The van der Waals surface area contributed by atoms with Crippen molar-refractivity contribution in [2.45, 2.75) is 37.7 Å². The van der Waals surface area contributed by atoms with E-state index in [1.807, 2.05) is 0 Å². The number of carbonyl (C=O) groups is 1. The van der Waals surface area contributed by atoms with E-state index in [-0.39, 0.29) is 24.3 Å². The van der Waals surface area contributed by atoms with Crippen LogP contribution in [0.25, 0.3) is 0 Å². The fraction of sp³-hybridized carbons (Fsp3) is 0.304. The van der Waals surface area contributed by atoms with Crippen molar-refractivity contribution in [1.29, 1.82) is 0 Å². The number of nitrogens with zero attached hydrogens (tertiary/aromatic N) is 2. The van der Waals surface area contributed by atoms with E-state index in [1.165, 1.54) is 0 Å². The van der Waals surface area contributed by atoms with E-state index in [0.29, 0.717) is 16.3 Å². The molecule has 4 rings (SSSR count). The van der Waals surface area contributed by atoms with Crippen molar-refractivity contribution in [2.75, 3.05) is 11.9 Å². The maximum Gasteiger partial charge on any atom is 0.410 e. The molecule has 2 aromatic carbocycles. The Morgan fingerprint density at radius 1 is 1.24 bits per heavy atom. The Morgan fingerprint density at radius 3 is 2.64 bits per heavy atom. The van der Waals surface area contributed by atoms with Crippen LogP contribution in [-0.2, 0) is 0 Å². The smallest absolute Gasteiger partial charge is 0.410 e. The van der Waals surface area contributed by atoms with Gasteiger partial charge >= 0.3 is 6.18 Å². The maximum absolute atomic E-state index is 13.8. The topological polar surface area (TPSA) is 68.2 Å². The summed E-state index contributed by atoms with van der Waals surface area (Å²) in [5, 5.41) is 10.1. The Balaban J connectivity index is 1.51. The van der Waals surface area contributed by atoms with Gasteiger partial charge in [0.2, 0.25) is 0 Å². The van der Waals surface area contributed by atoms with Gasteiger partial charge in [-0.05, 0) is 24.6 Å². The lowest BCUT2D eigenvalue weighted by Crippen LogP contribution is -2.37. The number of halogens is 4. The second kappa shape index (κ2) is 9.35. The Kier molecular flexibility index (Phi) is 6.51. The number of anilines is 1. The number of aromatic nitrogens is 2. The zero-order valence-corrected chi connectivity index (χ0v) is 18.4. The van der Waals surface area contributed by atoms with Gasteiger partial charge in [-0.3, -0.25) is 4.79 Å². The molecule has 0 bridgehead atoms. The highest BCUT2D eigenvalue weighted by atomic mass is 35.5. The van der Waals surface area contributed by atoms with Crippen molar-refractivity contribution >= 4 is 23.3 Å². The van der Waals surface area contributed by atoms with Crippen molar-refractivity contribution in [3.05, 3.63) is 76.9 Å². The minimum Gasteiger partial charge on any atom is -0.487 e. The number of hydrogen-bond donors (Lipinski definition) is 2. The number of ether oxygens (including phenoxy) is 1. The van der Waals surface area contributed by atoms with Gasteiger partial charge in [0, 0.05) is 6.42 Å². The van der Waals surface area contributed by atoms with Crippen molar-refractivity contribution in [2.24, 2.45) is 0 Å². The molecule has 1 aliphatic heterocycles. The molecule has 1 unspecified atom stereocenters. The van der Waals surface area contributed by atoms with Gasteiger partial charge in [0.05, 0.1) is 23.8 Å². The average molecular weight is 479 g/mol. The monoisotopic (exact) mass is 478 g/mol.